The number of rotatable bonds is 12. The molecule has 0 aliphatic heterocycles. The van der Waals surface area contributed by atoms with Crippen LogP contribution in [-0.4, -0.2) is 26.4 Å². The van der Waals surface area contributed by atoms with Crippen LogP contribution in [0.3, 0.4) is 0 Å². The Bertz CT molecular complexity index is 724. The third kappa shape index (κ3) is 6.76. The van der Waals surface area contributed by atoms with E-state index in [9.17, 15) is 22.3 Å². The second-order valence-corrected chi connectivity index (χ2v) is 8.50. The molecule has 0 atom stereocenters. The van der Waals surface area contributed by atoms with Crippen molar-refractivity contribution in [3.63, 3.8) is 0 Å². The summed E-state index contributed by atoms with van der Waals surface area (Å²) < 4.78 is 94.1. The minimum Gasteiger partial charge on any atom is -0.451 e. The van der Waals surface area contributed by atoms with Crippen LogP contribution in [0.25, 0.3) is 5.31 Å². The van der Waals surface area contributed by atoms with Gasteiger partial charge in [0.2, 0.25) is 5.76 Å². The lowest BCUT2D eigenvalue weighted by molar-refractivity contribution is -0.153. The number of phosphoric ester groups is 1. The summed E-state index contributed by atoms with van der Waals surface area (Å²) in [4.78, 5) is 0. The maximum atomic E-state index is 13.1. The molecule has 0 amide bonds. The molecular weight excluding hydrogens is 427 g/mol. The molecule has 28 heavy (non-hydrogen) atoms. The van der Waals surface area contributed by atoms with E-state index in [1.165, 1.54) is 27.7 Å². The first-order valence-corrected chi connectivity index (χ1v) is 11.4. The molecule has 0 unspecified atom stereocenters. The van der Waals surface area contributed by atoms with Gasteiger partial charge in [-0.2, -0.15) is 13.2 Å². The Kier molecular flexibility index (Phi) is 9.46. The first-order chi connectivity index (χ1) is 13.0. The van der Waals surface area contributed by atoms with Crippen LogP contribution < -0.4 is 0 Å². The predicted molar refractivity (Wildman–Crippen MR) is 94.5 cm³/mol. The Morgan fingerprint density at radius 2 is 1.46 bits per heavy atom. The van der Waals surface area contributed by atoms with E-state index in [1.54, 1.807) is 0 Å². The van der Waals surface area contributed by atoms with Crippen LogP contribution in [0.1, 0.15) is 39.2 Å². The Hall–Kier alpha value is -1.09. The first-order valence-electron chi connectivity index (χ1n) is 8.40. The van der Waals surface area contributed by atoms with E-state index in [0.717, 1.165) is 6.07 Å². The summed E-state index contributed by atoms with van der Waals surface area (Å²) in [6.07, 6.45) is -4.10. The zero-order valence-corrected chi connectivity index (χ0v) is 17.6. The summed E-state index contributed by atoms with van der Waals surface area (Å²) in [6.45, 7) is 5.85. The maximum Gasteiger partial charge on any atom is 0.529 e. The van der Waals surface area contributed by atoms with E-state index < -0.39 is 38.4 Å². The average molecular weight is 450 g/mol. The van der Waals surface area contributed by atoms with Crippen molar-refractivity contribution < 1.29 is 49.3 Å². The minimum atomic E-state index is -4.77. The first kappa shape index (κ1) is 24.9. The van der Waals surface area contributed by atoms with Crippen molar-refractivity contribution in [2.75, 3.05) is 26.4 Å². The Morgan fingerprint density at radius 3 is 1.86 bits per heavy atom. The molecule has 0 radical (unpaired) electrons. The Morgan fingerprint density at radius 1 is 0.964 bits per heavy atom. The van der Waals surface area contributed by atoms with Crippen molar-refractivity contribution in [3.05, 3.63) is 29.9 Å². The van der Waals surface area contributed by atoms with Crippen molar-refractivity contribution in [1.29, 1.82) is 0 Å². The van der Waals surface area contributed by atoms with Crippen molar-refractivity contribution >= 4 is 20.7 Å². The molecule has 0 fully saturated rings. The molecule has 0 spiro atoms. The van der Waals surface area contributed by atoms with E-state index in [2.05, 4.69) is 0 Å². The fourth-order valence-corrected chi connectivity index (χ4v) is 4.68. The second-order valence-electron chi connectivity index (χ2n) is 4.89. The van der Waals surface area contributed by atoms with E-state index >= 15 is 0 Å². The molecular formula is C15H23F3O8P2. The van der Waals surface area contributed by atoms with Gasteiger partial charge in [0.25, 0.3) is 0 Å². The lowest BCUT2D eigenvalue weighted by atomic mass is 10.4. The molecule has 1 rings (SSSR count). The fourth-order valence-electron chi connectivity index (χ4n) is 1.93. The quantitative estimate of drug-likeness (QED) is 0.280. The number of halogens is 3. The van der Waals surface area contributed by atoms with Gasteiger partial charge in [0.1, 0.15) is 17.3 Å². The van der Waals surface area contributed by atoms with Gasteiger partial charge in [0.15, 0.2) is 0 Å². The zero-order valence-electron chi connectivity index (χ0n) is 15.9. The van der Waals surface area contributed by atoms with Crippen molar-refractivity contribution in [2.45, 2.75) is 33.9 Å². The highest BCUT2D eigenvalue weighted by Gasteiger charge is 2.39. The van der Waals surface area contributed by atoms with Crippen LogP contribution in [0.4, 0.5) is 13.2 Å². The van der Waals surface area contributed by atoms with Crippen molar-refractivity contribution in [1.82, 2.24) is 0 Å². The summed E-state index contributed by atoms with van der Waals surface area (Å²) in [5.74, 6) is -1.82. The normalized spacial score (nSPS) is 13.8. The van der Waals surface area contributed by atoms with Gasteiger partial charge in [-0.05, 0) is 39.8 Å². The standard InChI is InChI=1S/C15H23F3O8P2/c1-5-21-27(19,22-6-2)13(11-25-28(20,23-7-3)24-8-4)12-9-10-14(26-12)15(16,17)18/h9-11H,5-8H2,1-4H3/b13-11+. The van der Waals surface area contributed by atoms with Crippen molar-refractivity contribution in [3.8, 4) is 0 Å². The molecule has 1 aromatic heterocycles. The number of phosphoric acid groups is 1. The van der Waals surface area contributed by atoms with Gasteiger partial charge in [-0.25, -0.2) is 4.57 Å². The molecule has 1 aromatic rings. The molecule has 0 aliphatic carbocycles. The molecule has 1 heterocycles. The molecule has 162 valence electrons. The highest BCUT2D eigenvalue weighted by atomic mass is 31.2. The van der Waals surface area contributed by atoms with E-state index in [0.29, 0.717) is 12.3 Å². The van der Waals surface area contributed by atoms with Crippen molar-refractivity contribution in [2.24, 2.45) is 0 Å². The van der Waals surface area contributed by atoms with Gasteiger partial charge >= 0.3 is 21.6 Å². The van der Waals surface area contributed by atoms with E-state index in [4.69, 9.17) is 27.0 Å². The third-order valence-electron chi connectivity index (χ3n) is 2.90. The summed E-state index contributed by atoms with van der Waals surface area (Å²) in [6, 6.07) is 1.57. The molecule has 0 bridgehead atoms. The lowest BCUT2D eigenvalue weighted by Gasteiger charge is -2.20. The summed E-state index contributed by atoms with van der Waals surface area (Å²) in [5.41, 5.74) is 0. The molecule has 0 N–H and O–H groups in total. The number of hydrogen-bond donors (Lipinski definition) is 0. The molecule has 0 saturated carbocycles. The number of furan rings is 1. The van der Waals surface area contributed by atoms with Crippen LogP contribution in [0, 0.1) is 0 Å². The van der Waals surface area contributed by atoms with Crippen LogP contribution in [0.15, 0.2) is 22.8 Å². The number of alkyl halides is 3. The lowest BCUT2D eigenvalue weighted by Crippen LogP contribution is -2.03. The van der Waals surface area contributed by atoms with E-state index in [1.807, 2.05) is 0 Å². The van der Waals surface area contributed by atoms with Crippen LogP contribution in [0.5, 0.6) is 0 Å². The van der Waals surface area contributed by atoms with Crippen LogP contribution >= 0.6 is 15.4 Å². The average Bonchev–Trinajstić information content (AvgIpc) is 3.05. The number of hydrogen-bond acceptors (Lipinski definition) is 8. The molecule has 0 saturated heterocycles. The Balaban J connectivity index is 3.44. The third-order valence-corrected chi connectivity index (χ3v) is 6.52. The second kappa shape index (κ2) is 10.6. The van der Waals surface area contributed by atoms with Gasteiger partial charge in [-0.1, -0.05) is 0 Å². The smallest absolute Gasteiger partial charge is 0.451 e. The monoisotopic (exact) mass is 450 g/mol. The highest BCUT2D eigenvalue weighted by Crippen LogP contribution is 2.62. The molecule has 0 aliphatic rings. The van der Waals surface area contributed by atoms with Gasteiger partial charge in [-0.15, -0.1) is 0 Å². The highest BCUT2D eigenvalue weighted by molar-refractivity contribution is 7.65. The van der Waals surface area contributed by atoms with Crippen LogP contribution in [0.2, 0.25) is 0 Å². The summed E-state index contributed by atoms with van der Waals surface area (Å²) >= 11 is 0. The predicted octanol–water partition coefficient (Wildman–Crippen LogP) is 6.06. The van der Waals surface area contributed by atoms with E-state index in [-0.39, 0.29) is 26.4 Å². The maximum absolute atomic E-state index is 13.1. The zero-order chi connectivity index (χ0) is 21.4. The fraction of sp³-hybridized carbons (Fsp3) is 0.600. The van der Waals surface area contributed by atoms with Crippen LogP contribution in [-0.2, 0) is 37.9 Å². The summed E-state index contributed by atoms with van der Waals surface area (Å²) in [5, 5.41) is -0.494. The molecule has 13 heteroatoms. The SMILES string of the molecule is CCOP(=O)(O/C=C(\c1ccc(C(F)(F)F)o1)P(=O)(OCC)OCC)OCC. The molecule has 0 aromatic carbocycles. The summed E-state index contributed by atoms with van der Waals surface area (Å²) in [7, 11) is -8.27. The topological polar surface area (TPSA) is 93.4 Å². The Labute approximate surface area is 161 Å². The largest absolute Gasteiger partial charge is 0.529 e. The van der Waals surface area contributed by atoms with Gasteiger partial charge in [0.05, 0.1) is 26.4 Å². The van der Waals surface area contributed by atoms with Gasteiger partial charge < -0.3 is 18.0 Å². The molecule has 8 nitrogen and oxygen atoms in total. The van der Waals surface area contributed by atoms with Gasteiger partial charge in [-0.3, -0.25) is 13.6 Å². The minimum absolute atomic E-state index is 0.0337. The van der Waals surface area contributed by atoms with Gasteiger partial charge in [0, 0.05) is 0 Å².